The molecular formula is C10H20N2O2. The normalized spacial score (nSPS) is 17.9. The maximum atomic E-state index is 11.8. The van der Waals surface area contributed by atoms with Crippen molar-refractivity contribution in [2.45, 2.75) is 19.8 Å². The highest BCUT2D eigenvalue weighted by Gasteiger charge is 2.49. The third-order valence-corrected chi connectivity index (χ3v) is 2.82. The lowest BCUT2D eigenvalue weighted by molar-refractivity contribution is -0.135. The van der Waals surface area contributed by atoms with Crippen LogP contribution in [0.1, 0.15) is 19.8 Å². The molecule has 1 aliphatic carbocycles. The van der Waals surface area contributed by atoms with E-state index in [-0.39, 0.29) is 11.3 Å². The first-order chi connectivity index (χ1) is 6.66. The average Bonchev–Trinajstić information content (AvgIpc) is 2.97. The quantitative estimate of drug-likeness (QED) is 0.624. The monoisotopic (exact) mass is 200 g/mol. The number of rotatable bonds is 6. The second-order valence-corrected chi connectivity index (χ2v) is 3.91. The van der Waals surface area contributed by atoms with Gasteiger partial charge in [0.2, 0.25) is 5.91 Å². The van der Waals surface area contributed by atoms with Gasteiger partial charge in [-0.25, -0.2) is 0 Å². The molecule has 0 spiro atoms. The predicted molar refractivity (Wildman–Crippen MR) is 54.9 cm³/mol. The number of nitrogens with two attached hydrogens (primary N) is 1. The van der Waals surface area contributed by atoms with Crippen molar-refractivity contribution in [3.05, 3.63) is 0 Å². The summed E-state index contributed by atoms with van der Waals surface area (Å²) in [7, 11) is 1.82. The van der Waals surface area contributed by atoms with Crippen LogP contribution in [-0.2, 0) is 9.53 Å². The molecule has 0 radical (unpaired) electrons. The van der Waals surface area contributed by atoms with Crippen LogP contribution < -0.4 is 5.73 Å². The highest BCUT2D eigenvalue weighted by Crippen LogP contribution is 2.45. The van der Waals surface area contributed by atoms with Crippen LogP contribution in [0.15, 0.2) is 0 Å². The van der Waals surface area contributed by atoms with Gasteiger partial charge < -0.3 is 15.4 Å². The van der Waals surface area contributed by atoms with Gasteiger partial charge in [-0.1, -0.05) is 0 Å². The molecule has 0 unspecified atom stereocenters. The van der Waals surface area contributed by atoms with Gasteiger partial charge in [-0.3, -0.25) is 4.79 Å². The molecule has 2 N–H and O–H groups in total. The highest BCUT2D eigenvalue weighted by molar-refractivity contribution is 5.85. The van der Waals surface area contributed by atoms with Crippen molar-refractivity contribution in [3.8, 4) is 0 Å². The van der Waals surface area contributed by atoms with Gasteiger partial charge in [-0.15, -0.1) is 0 Å². The second kappa shape index (κ2) is 4.75. The molecule has 0 aromatic carbocycles. The average molecular weight is 200 g/mol. The fraction of sp³-hybridized carbons (Fsp3) is 0.900. The van der Waals surface area contributed by atoms with Gasteiger partial charge in [0.05, 0.1) is 12.0 Å². The van der Waals surface area contributed by atoms with Crippen molar-refractivity contribution in [2.75, 3.05) is 33.4 Å². The van der Waals surface area contributed by atoms with E-state index < -0.39 is 0 Å². The lowest BCUT2D eigenvalue weighted by atomic mass is 10.1. The van der Waals surface area contributed by atoms with Crippen molar-refractivity contribution in [1.29, 1.82) is 0 Å². The molecule has 4 heteroatoms. The van der Waals surface area contributed by atoms with Crippen molar-refractivity contribution < 1.29 is 9.53 Å². The minimum atomic E-state index is -0.221. The molecule has 0 aromatic rings. The van der Waals surface area contributed by atoms with E-state index in [1.165, 1.54) is 0 Å². The van der Waals surface area contributed by atoms with E-state index in [1.807, 2.05) is 14.0 Å². The van der Waals surface area contributed by atoms with Crippen LogP contribution in [0, 0.1) is 5.41 Å². The molecule has 1 rings (SSSR count). The number of likely N-dealkylation sites (N-methyl/N-ethyl adjacent to an activating group) is 1. The summed E-state index contributed by atoms with van der Waals surface area (Å²) in [6.07, 6.45) is 1.89. The summed E-state index contributed by atoms with van der Waals surface area (Å²) in [5.74, 6) is 0.180. The maximum absolute atomic E-state index is 11.8. The smallest absolute Gasteiger partial charge is 0.229 e. The van der Waals surface area contributed by atoms with E-state index in [0.29, 0.717) is 26.3 Å². The Morgan fingerprint density at radius 3 is 2.64 bits per heavy atom. The van der Waals surface area contributed by atoms with Crippen molar-refractivity contribution in [3.63, 3.8) is 0 Å². The molecule has 14 heavy (non-hydrogen) atoms. The van der Waals surface area contributed by atoms with E-state index in [9.17, 15) is 4.79 Å². The third-order valence-electron chi connectivity index (χ3n) is 2.82. The molecule has 0 heterocycles. The largest absolute Gasteiger partial charge is 0.380 e. The van der Waals surface area contributed by atoms with Gasteiger partial charge in [-0.2, -0.15) is 0 Å². The molecule has 1 amide bonds. The molecule has 82 valence electrons. The third kappa shape index (κ3) is 2.45. The van der Waals surface area contributed by atoms with Crippen LogP contribution in [0.2, 0.25) is 0 Å². The Labute approximate surface area is 85.4 Å². The van der Waals surface area contributed by atoms with E-state index in [1.54, 1.807) is 4.90 Å². The highest BCUT2D eigenvalue weighted by atomic mass is 16.5. The topological polar surface area (TPSA) is 55.6 Å². The van der Waals surface area contributed by atoms with Crippen molar-refractivity contribution in [2.24, 2.45) is 11.1 Å². The van der Waals surface area contributed by atoms with Gasteiger partial charge in [0, 0.05) is 26.7 Å². The second-order valence-electron chi connectivity index (χ2n) is 3.91. The predicted octanol–water partition coefficient (Wildman–Crippen LogP) is 0.220. The van der Waals surface area contributed by atoms with E-state index in [4.69, 9.17) is 10.5 Å². The number of carbonyl (C=O) groups excluding carboxylic acids is 1. The van der Waals surface area contributed by atoms with Gasteiger partial charge >= 0.3 is 0 Å². The minimum absolute atomic E-state index is 0.180. The molecule has 1 fully saturated rings. The summed E-state index contributed by atoms with van der Waals surface area (Å²) in [6, 6.07) is 0. The first-order valence-electron chi connectivity index (χ1n) is 5.19. The summed E-state index contributed by atoms with van der Waals surface area (Å²) in [5.41, 5.74) is 5.36. The molecule has 1 aliphatic rings. The molecule has 0 saturated heterocycles. The summed E-state index contributed by atoms with van der Waals surface area (Å²) < 4.78 is 5.20. The number of amides is 1. The van der Waals surface area contributed by atoms with Crippen LogP contribution in [0.4, 0.5) is 0 Å². The van der Waals surface area contributed by atoms with Crippen molar-refractivity contribution >= 4 is 5.91 Å². The first-order valence-corrected chi connectivity index (χ1v) is 5.19. The Morgan fingerprint density at radius 1 is 1.57 bits per heavy atom. The molecule has 1 saturated carbocycles. The molecule has 4 nitrogen and oxygen atoms in total. The molecule has 0 aliphatic heterocycles. The molecule has 0 bridgehead atoms. The Hall–Kier alpha value is -0.610. The standard InChI is InChI=1S/C10H20N2O2/c1-3-14-7-6-12(2)9(13)10(8-11)4-5-10/h3-8,11H2,1-2H3. The molecular weight excluding hydrogens is 180 g/mol. The first kappa shape index (κ1) is 11.5. The van der Waals surface area contributed by atoms with Crippen LogP contribution in [0.3, 0.4) is 0 Å². The van der Waals surface area contributed by atoms with E-state index in [0.717, 1.165) is 12.8 Å². The SMILES string of the molecule is CCOCCN(C)C(=O)C1(CN)CC1. The Morgan fingerprint density at radius 2 is 2.21 bits per heavy atom. The number of carbonyl (C=O) groups is 1. The Bertz CT molecular complexity index is 202. The number of nitrogens with zero attached hydrogens (tertiary/aromatic N) is 1. The zero-order chi connectivity index (χ0) is 10.6. The van der Waals surface area contributed by atoms with Gasteiger partial charge in [0.15, 0.2) is 0 Å². The van der Waals surface area contributed by atoms with E-state index in [2.05, 4.69) is 0 Å². The lowest BCUT2D eigenvalue weighted by Crippen LogP contribution is -2.39. The summed E-state index contributed by atoms with van der Waals surface area (Å²) in [6.45, 7) is 4.40. The summed E-state index contributed by atoms with van der Waals surface area (Å²) >= 11 is 0. The maximum Gasteiger partial charge on any atom is 0.229 e. The van der Waals surface area contributed by atoms with Gasteiger partial charge in [-0.05, 0) is 19.8 Å². The number of ether oxygens (including phenoxy) is 1. The summed E-state index contributed by atoms with van der Waals surface area (Å²) in [5, 5.41) is 0. The Balaban J connectivity index is 2.30. The van der Waals surface area contributed by atoms with Crippen LogP contribution in [-0.4, -0.2) is 44.2 Å². The lowest BCUT2D eigenvalue weighted by Gasteiger charge is -2.22. The molecule has 0 aromatic heterocycles. The fourth-order valence-corrected chi connectivity index (χ4v) is 1.51. The Kier molecular flexibility index (Phi) is 3.89. The summed E-state index contributed by atoms with van der Waals surface area (Å²) in [4.78, 5) is 13.6. The zero-order valence-corrected chi connectivity index (χ0v) is 9.08. The van der Waals surface area contributed by atoms with E-state index >= 15 is 0 Å². The number of hydrogen-bond acceptors (Lipinski definition) is 3. The molecule has 0 atom stereocenters. The fourth-order valence-electron chi connectivity index (χ4n) is 1.51. The zero-order valence-electron chi connectivity index (χ0n) is 9.08. The van der Waals surface area contributed by atoms with Gasteiger partial charge in [0.1, 0.15) is 0 Å². The van der Waals surface area contributed by atoms with Crippen LogP contribution >= 0.6 is 0 Å². The minimum Gasteiger partial charge on any atom is -0.380 e. The van der Waals surface area contributed by atoms with Crippen LogP contribution in [0.5, 0.6) is 0 Å². The van der Waals surface area contributed by atoms with Crippen LogP contribution in [0.25, 0.3) is 0 Å². The van der Waals surface area contributed by atoms with Gasteiger partial charge in [0.25, 0.3) is 0 Å². The van der Waals surface area contributed by atoms with Crippen molar-refractivity contribution in [1.82, 2.24) is 4.90 Å². The number of hydrogen-bond donors (Lipinski definition) is 1.